The maximum Gasteiger partial charge on any atom is 0.229 e. The van der Waals surface area contributed by atoms with Gasteiger partial charge < -0.3 is 15.1 Å². The molecule has 1 aliphatic heterocycles. The summed E-state index contributed by atoms with van der Waals surface area (Å²) in [6, 6.07) is 7.71. The average molecular weight is 317 g/mol. The van der Waals surface area contributed by atoms with Gasteiger partial charge in [0.15, 0.2) is 0 Å². The Hall–Kier alpha value is -2.04. The van der Waals surface area contributed by atoms with Crippen molar-refractivity contribution in [3.8, 4) is 0 Å². The van der Waals surface area contributed by atoms with Crippen molar-refractivity contribution in [2.24, 2.45) is 5.92 Å². The van der Waals surface area contributed by atoms with Crippen molar-refractivity contribution in [3.63, 3.8) is 0 Å². The Morgan fingerprint density at radius 3 is 2.57 bits per heavy atom. The van der Waals surface area contributed by atoms with Crippen LogP contribution in [0.3, 0.4) is 0 Å². The van der Waals surface area contributed by atoms with E-state index < -0.39 is 0 Å². The van der Waals surface area contributed by atoms with Crippen molar-refractivity contribution in [3.05, 3.63) is 24.3 Å². The standard InChI is InChI=1S/C18H27N3O2/c1-4-5-6-11-21-13-14(12-17(21)22)18(23)19-15-7-9-16(10-8-15)20(2)3/h7-10,14H,4-6,11-13H2,1-3H3,(H,19,23). The molecule has 0 aliphatic carbocycles. The lowest BCUT2D eigenvalue weighted by molar-refractivity contribution is -0.128. The van der Waals surface area contributed by atoms with Gasteiger partial charge in [-0.15, -0.1) is 0 Å². The van der Waals surface area contributed by atoms with Crippen molar-refractivity contribution >= 4 is 23.2 Å². The summed E-state index contributed by atoms with van der Waals surface area (Å²) < 4.78 is 0. The monoisotopic (exact) mass is 317 g/mol. The molecule has 0 aromatic heterocycles. The summed E-state index contributed by atoms with van der Waals surface area (Å²) in [5, 5.41) is 2.92. The van der Waals surface area contributed by atoms with Crippen LogP contribution >= 0.6 is 0 Å². The van der Waals surface area contributed by atoms with Gasteiger partial charge in [0, 0.05) is 45.0 Å². The van der Waals surface area contributed by atoms with Crippen molar-refractivity contribution in [2.45, 2.75) is 32.6 Å². The van der Waals surface area contributed by atoms with Gasteiger partial charge in [-0.3, -0.25) is 9.59 Å². The molecule has 0 saturated carbocycles. The van der Waals surface area contributed by atoms with Crippen LogP contribution < -0.4 is 10.2 Å². The van der Waals surface area contributed by atoms with Gasteiger partial charge in [0.1, 0.15) is 0 Å². The van der Waals surface area contributed by atoms with Crippen LogP contribution in [0.1, 0.15) is 32.6 Å². The highest BCUT2D eigenvalue weighted by molar-refractivity contribution is 5.97. The molecule has 1 unspecified atom stereocenters. The first-order valence-corrected chi connectivity index (χ1v) is 8.37. The number of unbranched alkanes of at least 4 members (excludes halogenated alkanes) is 2. The Morgan fingerprint density at radius 1 is 1.26 bits per heavy atom. The Balaban J connectivity index is 1.87. The number of nitrogens with one attached hydrogen (secondary N) is 1. The Kier molecular flexibility index (Phi) is 6.02. The third kappa shape index (κ3) is 4.71. The molecule has 1 fully saturated rings. The van der Waals surface area contributed by atoms with Gasteiger partial charge in [0.25, 0.3) is 0 Å². The summed E-state index contributed by atoms with van der Waals surface area (Å²) in [5.41, 5.74) is 1.86. The molecule has 1 aliphatic rings. The summed E-state index contributed by atoms with van der Waals surface area (Å²) in [4.78, 5) is 28.2. The molecule has 1 aromatic carbocycles. The fourth-order valence-electron chi connectivity index (χ4n) is 2.80. The van der Waals surface area contributed by atoms with Crippen molar-refractivity contribution in [1.82, 2.24) is 4.90 Å². The molecule has 2 amide bonds. The molecule has 1 atom stereocenters. The van der Waals surface area contributed by atoms with E-state index in [0.717, 1.165) is 37.2 Å². The van der Waals surface area contributed by atoms with Gasteiger partial charge in [-0.05, 0) is 30.7 Å². The molecule has 1 heterocycles. The molecule has 23 heavy (non-hydrogen) atoms. The van der Waals surface area contributed by atoms with Crippen molar-refractivity contribution in [1.29, 1.82) is 0 Å². The number of benzene rings is 1. The van der Waals surface area contributed by atoms with Crippen LogP contribution in [-0.2, 0) is 9.59 Å². The number of amides is 2. The summed E-state index contributed by atoms with van der Waals surface area (Å²) in [6.07, 6.45) is 3.60. The zero-order valence-electron chi connectivity index (χ0n) is 14.3. The number of nitrogens with zero attached hydrogens (tertiary/aromatic N) is 2. The molecule has 2 rings (SSSR count). The first kappa shape index (κ1) is 17.3. The number of likely N-dealkylation sites (tertiary alicyclic amines) is 1. The number of hydrogen-bond donors (Lipinski definition) is 1. The van der Waals surface area contributed by atoms with E-state index in [2.05, 4.69) is 12.2 Å². The fraction of sp³-hybridized carbons (Fsp3) is 0.556. The first-order chi connectivity index (χ1) is 11.0. The molecule has 126 valence electrons. The van der Waals surface area contributed by atoms with E-state index in [-0.39, 0.29) is 17.7 Å². The fourth-order valence-corrected chi connectivity index (χ4v) is 2.80. The molecular formula is C18H27N3O2. The van der Waals surface area contributed by atoms with E-state index in [1.165, 1.54) is 0 Å². The predicted octanol–water partition coefficient (Wildman–Crippen LogP) is 2.73. The van der Waals surface area contributed by atoms with E-state index in [9.17, 15) is 9.59 Å². The van der Waals surface area contributed by atoms with Gasteiger partial charge in [0.2, 0.25) is 11.8 Å². The van der Waals surface area contributed by atoms with Gasteiger partial charge in [0.05, 0.1) is 5.92 Å². The quantitative estimate of drug-likeness (QED) is 0.787. The van der Waals surface area contributed by atoms with Crippen LogP contribution in [0, 0.1) is 5.92 Å². The number of rotatable bonds is 7. The maximum absolute atomic E-state index is 12.4. The van der Waals surface area contributed by atoms with Crippen LogP contribution in [0.25, 0.3) is 0 Å². The highest BCUT2D eigenvalue weighted by atomic mass is 16.2. The summed E-state index contributed by atoms with van der Waals surface area (Å²) in [7, 11) is 3.95. The minimum Gasteiger partial charge on any atom is -0.378 e. The minimum atomic E-state index is -0.238. The Morgan fingerprint density at radius 2 is 1.96 bits per heavy atom. The number of carbonyl (C=O) groups is 2. The zero-order chi connectivity index (χ0) is 16.8. The van der Waals surface area contributed by atoms with Crippen LogP contribution in [0.5, 0.6) is 0 Å². The third-order valence-electron chi connectivity index (χ3n) is 4.27. The molecule has 0 bridgehead atoms. The van der Waals surface area contributed by atoms with Crippen LogP contribution in [0.15, 0.2) is 24.3 Å². The second-order valence-corrected chi connectivity index (χ2v) is 6.38. The SMILES string of the molecule is CCCCCN1CC(C(=O)Nc2ccc(N(C)C)cc2)CC1=O. The van der Waals surface area contributed by atoms with E-state index in [0.29, 0.717) is 13.0 Å². The first-order valence-electron chi connectivity index (χ1n) is 8.37. The molecule has 5 heteroatoms. The van der Waals surface area contributed by atoms with Crippen LogP contribution in [0.2, 0.25) is 0 Å². The van der Waals surface area contributed by atoms with Gasteiger partial charge in [-0.25, -0.2) is 0 Å². The van der Waals surface area contributed by atoms with E-state index in [1.54, 1.807) is 0 Å². The smallest absolute Gasteiger partial charge is 0.229 e. The average Bonchev–Trinajstić information content (AvgIpc) is 2.89. The van der Waals surface area contributed by atoms with E-state index in [4.69, 9.17) is 0 Å². The van der Waals surface area contributed by atoms with Gasteiger partial charge in [-0.2, -0.15) is 0 Å². The van der Waals surface area contributed by atoms with Crippen molar-refractivity contribution < 1.29 is 9.59 Å². The Bertz CT molecular complexity index is 540. The largest absolute Gasteiger partial charge is 0.378 e. The molecule has 0 radical (unpaired) electrons. The second-order valence-electron chi connectivity index (χ2n) is 6.38. The van der Waals surface area contributed by atoms with Crippen molar-refractivity contribution in [2.75, 3.05) is 37.4 Å². The normalized spacial score (nSPS) is 17.4. The lowest BCUT2D eigenvalue weighted by atomic mass is 10.1. The second kappa shape index (κ2) is 7.99. The molecule has 5 nitrogen and oxygen atoms in total. The summed E-state index contributed by atoms with van der Waals surface area (Å²) in [5.74, 6) is -0.198. The highest BCUT2D eigenvalue weighted by Crippen LogP contribution is 2.21. The van der Waals surface area contributed by atoms with E-state index >= 15 is 0 Å². The maximum atomic E-state index is 12.4. The topological polar surface area (TPSA) is 52.7 Å². The number of carbonyl (C=O) groups excluding carboxylic acids is 2. The third-order valence-corrected chi connectivity index (χ3v) is 4.27. The summed E-state index contributed by atoms with van der Waals surface area (Å²) in [6.45, 7) is 3.46. The molecule has 1 saturated heterocycles. The molecule has 1 N–H and O–H groups in total. The Labute approximate surface area is 138 Å². The lowest BCUT2D eigenvalue weighted by Gasteiger charge is -2.16. The van der Waals surface area contributed by atoms with Crippen LogP contribution in [-0.4, -0.2) is 43.9 Å². The number of hydrogen-bond acceptors (Lipinski definition) is 3. The minimum absolute atomic E-state index is 0.0612. The van der Waals surface area contributed by atoms with Gasteiger partial charge >= 0.3 is 0 Å². The van der Waals surface area contributed by atoms with E-state index in [1.807, 2.05) is 48.2 Å². The van der Waals surface area contributed by atoms with Crippen LogP contribution in [0.4, 0.5) is 11.4 Å². The summed E-state index contributed by atoms with van der Waals surface area (Å²) >= 11 is 0. The molecule has 1 aromatic rings. The number of anilines is 2. The molecule has 0 spiro atoms. The predicted molar refractivity (Wildman–Crippen MR) is 93.6 cm³/mol. The lowest BCUT2D eigenvalue weighted by Crippen LogP contribution is -2.29. The zero-order valence-corrected chi connectivity index (χ0v) is 14.3. The highest BCUT2D eigenvalue weighted by Gasteiger charge is 2.33. The molecular weight excluding hydrogens is 290 g/mol. The van der Waals surface area contributed by atoms with Gasteiger partial charge in [-0.1, -0.05) is 19.8 Å².